The first-order chi connectivity index (χ1) is 6.72. The van der Waals surface area contributed by atoms with E-state index >= 15 is 0 Å². The molecule has 1 aromatic rings. The molecule has 0 aliphatic carbocycles. The molecule has 0 aromatic heterocycles. The van der Waals surface area contributed by atoms with Gasteiger partial charge >= 0.3 is 0 Å². The lowest BCUT2D eigenvalue weighted by atomic mass is 10.3. The molecular formula is C11H14N2O. The predicted molar refractivity (Wildman–Crippen MR) is 57.9 cm³/mol. The lowest BCUT2D eigenvalue weighted by Gasteiger charge is -2.15. The van der Waals surface area contributed by atoms with Crippen LogP contribution in [0.4, 0.5) is 5.69 Å². The maximum Gasteiger partial charge on any atom is 0.244 e. The molecular weight excluding hydrogens is 176 g/mol. The summed E-state index contributed by atoms with van der Waals surface area (Å²) in [6.07, 6.45) is 1.14. The standard InChI is InChI=1S/C11H14N2O/c1-3-11(14)13-9(2)12-10-7-5-4-6-8-10/h3-9,12H,1H2,2H3,(H,13,14). The first kappa shape index (κ1) is 10.3. The fourth-order valence-electron chi connectivity index (χ4n) is 1.09. The van der Waals surface area contributed by atoms with Crippen LogP contribution in [0.2, 0.25) is 0 Å². The van der Waals surface area contributed by atoms with Crippen molar-refractivity contribution < 1.29 is 4.79 Å². The van der Waals surface area contributed by atoms with Crippen LogP contribution in [0.5, 0.6) is 0 Å². The Morgan fingerprint density at radius 1 is 1.43 bits per heavy atom. The van der Waals surface area contributed by atoms with Crippen LogP contribution in [0, 0.1) is 0 Å². The van der Waals surface area contributed by atoms with Crippen LogP contribution in [0.3, 0.4) is 0 Å². The Hall–Kier alpha value is -1.77. The first-order valence-electron chi connectivity index (χ1n) is 4.47. The molecule has 3 heteroatoms. The summed E-state index contributed by atoms with van der Waals surface area (Å²) in [5.41, 5.74) is 0.976. The van der Waals surface area contributed by atoms with Crippen molar-refractivity contribution in [3.8, 4) is 0 Å². The van der Waals surface area contributed by atoms with Crippen molar-refractivity contribution in [1.29, 1.82) is 0 Å². The third-order valence-corrected chi connectivity index (χ3v) is 1.70. The van der Waals surface area contributed by atoms with Crippen LogP contribution in [-0.2, 0) is 4.79 Å². The molecule has 0 fully saturated rings. The number of carbonyl (C=O) groups is 1. The number of hydrogen-bond donors (Lipinski definition) is 2. The zero-order valence-electron chi connectivity index (χ0n) is 8.16. The molecule has 0 heterocycles. The SMILES string of the molecule is C=CC(=O)NC(C)Nc1ccccc1. The van der Waals surface area contributed by atoms with Gasteiger partial charge in [0.15, 0.2) is 0 Å². The summed E-state index contributed by atoms with van der Waals surface area (Å²) < 4.78 is 0. The molecule has 74 valence electrons. The van der Waals surface area contributed by atoms with Crippen LogP contribution in [0.15, 0.2) is 43.0 Å². The lowest BCUT2D eigenvalue weighted by molar-refractivity contribution is -0.116. The number of benzene rings is 1. The van der Waals surface area contributed by atoms with Gasteiger partial charge in [0, 0.05) is 5.69 Å². The molecule has 0 spiro atoms. The van der Waals surface area contributed by atoms with E-state index in [1.54, 1.807) is 0 Å². The van der Waals surface area contributed by atoms with Crippen molar-refractivity contribution >= 4 is 11.6 Å². The number of hydrogen-bond acceptors (Lipinski definition) is 2. The number of anilines is 1. The van der Waals surface area contributed by atoms with E-state index in [0.717, 1.165) is 5.69 Å². The Morgan fingerprint density at radius 2 is 2.07 bits per heavy atom. The van der Waals surface area contributed by atoms with Crippen molar-refractivity contribution in [3.63, 3.8) is 0 Å². The summed E-state index contributed by atoms with van der Waals surface area (Å²) in [5.74, 6) is -0.180. The minimum absolute atomic E-state index is 0.108. The Kier molecular flexibility index (Phi) is 3.73. The summed E-state index contributed by atoms with van der Waals surface area (Å²) >= 11 is 0. The molecule has 2 N–H and O–H groups in total. The monoisotopic (exact) mass is 190 g/mol. The minimum atomic E-state index is -0.180. The summed E-state index contributed by atoms with van der Waals surface area (Å²) in [7, 11) is 0. The fraction of sp³-hybridized carbons (Fsp3) is 0.182. The molecule has 0 aliphatic heterocycles. The number of rotatable bonds is 4. The van der Waals surface area contributed by atoms with Gasteiger partial charge in [-0.25, -0.2) is 0 Å². The molecule has 1 unspecified atom stereocenters. The van der Waals surface area contributed by atoms with Gasteiger partial charge in [0.05, 0.1) is 6.17 Å². The Morgan fingerprint density at radius 3 is 2.64 bits per heavy atom. The summed E-state index contributed by atoms with van der Waals surface area (Å²) in [6, 6.07) is 9.69. The average molecular weight is 190 g/mol. The maximum absolute atomic E-state index is 10.9. The third-order valence-electron chi connectivity index (χ3n) is 1.70. The van der Waals surface area contributed by atoms with Gasteiger partial charge in [-0.05, 0) is 25.1 Å². The maximum atomic E-state index is 10.9. The van der Waals surface area contributed by atoms with Crippen molar-refractivity contribution in [2.24, 2.45) is 0 Å². The van der Waals surface area contributed by atoms with E-state index in [-0.39, 0.29) is 12.1 Å². The van der Waals surface area contributed by atoms with E-state index in [4.69, 9.17) is 0 Å². The van der Waals surface area contributed by atoms with Crippen molar-refractivity contribution in [1.82, 2.24) is 5.32 Å². The molecule has 0 bridgehead atoms. The van der Waals surface area contributed by atoms with Crippen LogP contribution in [-0.4, -0.2) is 12.1 Å². The molecule has 0 saturated carbocycles. The molecule has 1 aromatic carbocycles. The smallest absolute Gasteiger partial charge is 0.244 e. The van der Waals surface area contributed by atoms with Crippen molar-refractivity contribution in [2.45, 2.75) is 13.1 Å². The van der Waals surface area contributed by atoms with E-state index in [1.807, 2.05) is 37.3 Å². The highest BCUT2D eigenvalue weighted by molar-refractivity contribution is 5.87. The van der Waals surface area contributed by atoms with Gasteiger partial charge in [0.2, 0.25) is 5.91 Å². The molecule has 1 amide bonds. The zero-order chi connectivity index (χ0) is 10.4. The molecule has 1 atom stereocenters. The van der Waals surface area contributed by atoms with Gasteiger partial charge < -0.3 is 10.6 Å². The number of nitrogens with one attached hydrogen (secondary N) is 2. The van der Waals surface area contributed by atoms with E-state index in [2.05, 4.69) is 17.2 Å². The van der Waals surface area contributed by atoms with Gasteiger partial charge in [0.25, 0.3) is 0 Å². The van der Waals surface area contributed by atoms with Gasteiger partial charge in [-0.2, -0.15) is 0 Å². The van der Waals surface area contributed by atoms with Gasteiger partial charge in [-0.3, -0.25) is 4.79 Å². The number of para-hydroxylation sites is 1. The van der Waals surface area contributed by atoms with Crippen molar-refractivity contribution in [3.05, 3.63) is 43.0 Å². The summed E-state index contributed by atoms with van der Waals surface area (Å²) in [5, 5.41) is 5.84. The minimum Gasteiger partial charge on any atom is -0.366 e. The van der Waals surface area contributed by atoms with E-state index in [0.29, 0.717) is 0 Å². The third kappa shape index (κ3) is 3.31. The van der Waals surface area contributed by atoms with E-state index in [1.165, 1.54) is 6.08 Å². The van der Waals surface area contributed by atoms with Gasteiger partial charge in [0.1, 0.15) is 0 Å². The summed E-state index contributed by atoms with van der Waals surface area (Å²) in [6.45, 7) is 5.25. The van der Waals surface area contributed by atoms with Crippen LogP contribution < -0.4 is 10.6 Å². The second kappa shape index (κ2) is 5.07. The van der Waals surface area contributed by atoms with Crippen LogP contribution in [0.25, 0.3) is 0 Å². The zero-order valence-corrected chi connectivity index (χ0v) is 8.16. The first-order valence-corrected chi connectivity index (χ1v) is 4.47. The molecule has 3 nitrogen and oxygen atoms in total. The summed E-state index contributed by atoms with van der Waals surface area (Å²) in [4.78, 5) is 10.9. The average Bonchev–Trinajstić information content (AvgIpc) is 2.19. The Bertz CT molecular complexity index is 308. The molecule has 1 rings (SSSR count). The van der Waals surface area contributed by atoms with Crippen molar-refractivity contribution in [2.75, 3.05) is 5.32 Å². The molecule has 0 aliphatic rings. The van der Waals surface area contributed by atoms with E-state index < -0.39 is 0 Å². The van der Waals surface area contributed by atoms with Gasteiger partial charge in [-0.15, -0.1) is 0 Å². The van der Waals surface area contributed by atoms with Gasteiger partial charge in [-0.1, -0.05) is 24.8 Å². The molecule has 0 saturated heterocycles. The van der Waals surface area contributed by atoms with Crippen LogP contribution in [0.1, 0.15) is 6.92 Å². The predicted octanol–water partition coefficient (Wildman–Crippen LogP) is 1.75. The highest BCUT2D eigenvalue weighted by Crippen LogP contribution is 2.05. The molecule has 0 radical (unpaired) electrons. The molecule has 14 heavy (non-hydrogen) atoms. The largest absolute Gasteiger partial charge is 0.366 e. The highest BCUT2D eigenvalue weighted by atomic mass is 16.1. The lowest BCUT2D eigenvalue weighted by Crippen LogP contribution is -2.36. The Balaban J connectivity index is 2.45. The quantitative estimate of drug-likeness (QED) is 0.561. The topological polar surface area (TPSA) is 41.1 Å². The second-order valence-corrected chi connectivity index (χ2v) is 2.94. The van der Waals surface area contributed by atoms with E-state index in [9.17, 15) is 4.79 Å². The van der Waals surface area contributed by atoms with Crippen LogP contribution >= 0.6 is 0 Å². The second-order valence-electron chi connectivity index (χ2n) is 2.94. The number of carbonyl (C=O) groups excluding carboxylic acids is 1. The normalized spacial score (nSPS) is 11.5. The Labute approximate surface area is 83.8 Å². The number of amides is 1. The fourth-order valence-corrected chi connectivity index (χ4v) is 1.09. The highest BCUT2D eigenvalue weighted by Gasteiger charge is 2.02.